The van der Waals surface area contributed by atoms with Gasteiger partial charge in [0.1, 0.15) is 10.8 Å². The first-order chi connectivity index (χ1) is 8.45. The lowest BCUT2D eigenvalue weighted by Crippen LogP contribution is -2.42. The molecule has 0 aromatic heterocycles. The lowest BCUT2D eigenvalue weighted by molar-refractivity contribution is -0.128. The molecule has 0 aliphatic heterocycles. The highest BCUT2D eigenvalue weighted by Crippen LogP contribution is 2.32. The Bertz CT molecular complexity index is 426. The third kappa shape index (κ3) is 4.05. The summed E-state index contributed by atoms with van der Waals surface area (Å²) in [4.78, 5) is 11.7. The molecule has 0 aliphatic rings. The van der Waals surface area contributed by atoms with Crippen molar-refractivity contribution in [2.45, 2.75) is 26.0 Å². The molecule has 2 atom stereocenters. The average Bonchev–Trinajstić information content (AvgIpc) is 2.34. The van der Waals surface area contributed by atoms with E-state index >= 15 is 0 Å². The van der Waals surface area contributed by atoms with E-state index in [1.807, 2.05) is 0 Å². The summed E-state index contributed by atoms with van der Waals surface area (Å²) in [5.41, 5.74) is 0. The van der Waals surface area contributed by atoms with Gasteiger partial charge in [-0.3, -0.25) is 4.79 Å². The van der Waals surface area contributed by atoms with Gasteiger partial charge in [0, 0.05) is 6.04 Å². The molecular weight excluding hydrogens is 277 g/mol. The Morgan fingerprint density at radius 2 is 2.11 bits per heavy atom. The Balaban J connectivity index is 2.67. The molecule has 6 heteroatoms. The van der Waals surface area contributed by atoms with Crippen molar-refractivity contribution >= 4 is 29.1 Å². The van der Waals surface area contributed by atoms with Crippen LogP contribution in [0.5, 0.6) is 5.75 Å². The number of nitrogens with one attached hydrogen (secondary N) is 1. The minimum atomic E-state index is -0.727. The largest absolute Gasteiger partial charge is 0.479 e. The maximum absolute atomic E-state index is 11.7. The number of hydrogen-bond acceptors (Lipinski definition) is 3. The highest BCUT2D eigenvalue weighted by molar-refractivity contribution is 6.42. The zero-order valence-electron chi connectivity index (χ0n) is 10.1. The van der Waals surface area contributed by atoms with Gasteiger partial charge in [-0.05, 0) is 26.0 Å². The molecule has 0 saturated carbocycles. The predicted octanol–water partition coefficient (Wildman–Crippen LogP) is 2.26. The Labute approximate surface area is 116 Å². The summed E-state index contributed by atoms with van der Waals surface area (Å²) < 4.78 is 5.42. The molecule has 0 fully saturated rings. The highest BCUT2D eigenvalue weighted by atomic mass is 35.5. The van der Waals surface area contributed by atoms with Crippen LogP contribution in [0.15, 0.2) is 18.2 Å². The van der Waals surface area contributed by atoms with Crippen molar-refractivity contribution in [3.63, 3.8) is 0 Å². The maximum atomic E-state index is 11.7. The fourth-order valence-electron chi connectivity index (χ4n) is 1.22. The number of amides is 1. The van der Waals surface area contributed by atoms with Gasteiger partial charge >= 0.3 is 0 Å². The van der Waals surface area contributed by atoms with Crippen LogP contribution >= 0.6 is 23.2 Å². The SMILES string of the molecule is CC(CO)NC(=O)C(C)Oc1cccc(Cl)c1Cl. The summed E-state index contributed by atoms with van der Waals surface area (Å²) >= 11 is 11.8. The van der Waals surface area contributed by atoms with Crippen LogP contribution in [0.4, 0.5) is 0 Å². The van der Waals surface area contributed by atoms with E-state index in [1.165, 1.54) is 0 Å². The number of ether oxygens (including phenoxy) is 1. The first kappa shape index (κ1) is 15.1. The van der Waals surface area contributed by atoms with Crippen LogP contribution in [0, 0.1) is 0 Å². The Morgan fingerprint density at radius 1 is 1.44 bits per heavy atom. The average molecular weight is 292 g/mol. The number of rotatable bonds is 5. The number of halogens is 2. The van der Waals surface area contributed by atoms with Gasteiger partial charge in [-0.25, -0.2) is 0 Å². The predicted molar refractivity (Wildman–Crippen MR) is 71.2 cm³/mol. The van der Waals surface area contributed by atoms with Crippen molar-refractivity contribution in [3.05, 3.63) is 28.2 Å². The number of benzene rings is 1. The van der Waals surface area contributed by atoms with Gasteiger partial charge < -0.3 is 15.2 Å². The Morgan fingerprint density at radius 3 is 2.72 bits per heavy atom. The summed E-state index contributed by atoms with van der Waals surface area (Å²) in [6.45, 7) is 3.16. The van der Waals surface area contributed by atoms with Crippen molar-refractivity contribution in [2.75, 3.05) is 6.61 Å². The summed E-state index contributed by atoms with van der Waals surface area (Å²) in [5.74, 6) is 0.0241. The molecule has 1 aromatic carbocycles. The van der Waals surface area contributed by atoms with Crippen LogP contribution in [-0.4, -0.2) is 29.8 Å². The molecule has 0 spiro atoms. The van der Waals surface area contributed by atoms with E-state index in [0.29, 0.717) is 10.8 Å². The fourth-order valence-corrected chi connectivity index (χ4v) is 1.56. The Kier molecular flexibility index (Phi) is 5.72. The van der Waals surface area contributed by atoms with Crippen molar-refractivity contribution in [1.82, 2.24) is 5.32 Å². The lowest BCUT2D eigenvalue weighted by atomic mass is 10.3. The van der Waals surface area contributed by atoms with Crippen LogP contribution in [0.2, 0.25) is 10.0 Å². The molecule has 0 aliphatic carbocycles. The monoisotopic (exact) mass is 291 g/mol. The molecule has 2 unspecified atom stereocenters. The molecule has 100 valence electrons. The van der Waals surface area contributed by atoms with Crippen molar-refractivity contribution < 1.29 is 14.6 Å². The highest BCUT2D eigenvalue weighted by Gasteiger charge is 2.18. The van der Waals surface area contributed by atoms with Crippen molar-refractivity contribution in [2.24, 2.45) is 0 Å². The van der Waals surface area contributed by atoms with Crippen LogP contribution in [0.25, 0.3) is 0 Å². The van der Waals surface area contributed by atoms with Crippen LogP contribution < -0.4 is 10.1 Å². The third-order valence-corrected chi connectivity index (χ3v) is 3.05. The smallest absolute Gasteiger partial charge is 0.261 e. The van der Waals surface area contributed by atoms with E-state index in [1.54, 1.807) is 32.0 Å². The van der Waals surface area contributed by atoms with E-state index in [9.17, 15) is 4.79 Å². The van der Waals surface area contributed by atoms with E-state index < -0.39 is 6.10 Å². The molecule has 0 heterocycles. The van der Waals surface area contributed by atoms with Gasteiger partial charge in [-0.15, -0.1) is 0 Å². The van der Waals surface area contributed by atoms with E-state index in [-0.39, 0.29) is 23.6 Å². The Hall–Kier alpha value is -0.970. The molecule has 4 nitrogen and oxygen atoms in total. The van der Waals surface area contributed by atoms with E-state index in [0.717, 1.165) is 0 Å². The zero-order valence-corrected chi connectivity index (χ0v) is 11.6. The van der Waals surface area contributed by atoms with Gasteiger partial charge in [0.25, 0.3) is 5.91 Å². The number of hydrogen-bond donors (Lipinski definition) is 2. The molecule has 0 saturated heterocycles. The third-order valence-electron chi connectivity index (χ3n) is 2.25. The second-order valence-corrected chi connectivity index (χ2v) is 4.69. The van der Waals surface area contributed by atoms with Crippen LogP contribution in [0.3, 0.4) is 0 Å². The number of aliphatic hydroxyl groups is 1. The van der Waals surface area contributed by atoms with Gasteiger partial charge in [0.15, 0.2) is 6.10 Å². The number of carbonyl (C=O) groups is 1. The first-order valence-corrected chi connectivity index (χ1v) is 6.23. The maximum Gasteiger partial charge on any atom is 0.261 e. The molecule has 18 heavy (non-hydrogen) atoms. The molecule has 2 N–H and O–H groups in total. The number of aliphatic hydroxyl groups excluding tert-OH is 1. The van der Waals surface area contributed by atoms with Crippen molar-refractivity contribution in [3.8, 4) is 5.75 Å². The second-order valence-electron chi connectivity index (χ2n) is 3.90. The van der Waals surface area contributed by atoms with Gasteiger partial charge in [0.05, 0.1) is 11.6 Å². The minimum absolute atomic E-state index is 0.129. The summed E-state index contributed by atoms with van der Waals surface area (Å²) in [7, 11) is 0. The molecule has 0 radical (unpaired) electrons. The topological polar surface area (TPSA) is 58.6 Å². The number of carbonyl (C=O) groups excluding carboxylic acids is 1. The lowest BCUT2D eigenvalue weighted by Gasteiger charge is -2.18. The van der Waals surface area contributed by atoms with Gasteiger partial charge in [-0.1, -0.05) is 29.3 Å². The first-order valence-electron chi connectivity index (χ1n) is 5.47. The fraction of sp³-hybridized carbons (Fsp3) is 0.417. The quantitative estimate of drug-likeness (QED) is 0.875. The van der Waals surface area contributed by atoms with Crippen molar-refractivity contribution in [1.29, 1.82) is 0 Å². The molecule has 1 rings (SSSR count). The van der Waals surface area contributed by atoms with Crippen LogP contribution in [0.1, 0.15) is 13.8 Å². The normalized spacial score (nSPS) is 13.8. The van der Waals surface area contributed by atoms with Crippen LogP contribution in [-0.2, 0) is 4.79 Å². The van der Waals surface area contributed by atoms with E-state index in [2.05, 4.69) is 5.32 Å². The molecule has 0 bridgehead atoms. The standard InChI is InChI=1S/C12H15Cl2NO3/c1-7(6-16)15-12(17)8(2)18-10-5-3-4-9(13)11(10)14/h3-5,7-8,16H,6H2,1-2H3,(H,15,17). The summed E-state index contributed by atoms with van der Waals surface area (Å²) in [6, 6.07) is 4.63. The molecule has 1 amide bonds. The zero-order chi connectivity index (χ0) is 13.7. The second kappa shape index (κ2) is 6.83. The van der Waals surface area contributed by atoms with Gasteiger partial charge in [0.2, 0.25) is 0 Å². The van der Waals surface area contributed by atoms with Gasteiger partial charge in [-0.2, -0.15) is 0 Å². The summed E-state index contributed by atoms with van der Waals surface area (Å²) in [5, 5.41) is 12.1. The molecular formula is C12H15Cl2NO3. The molecule has 1 aromatic rings. The van der Waals surface area contributed by atoms with E-state index in [4.69, 9.17) is 33.0 Å². The minimum Gasteiger partial charge on any atom is -0.479 e. The summed E-state index contributed by atoms with van der Waals surface area (Å²) in [6.07, 6.45) is -0.727.